The molecule has 0 aromatic heterocycles. The first-order chi connectivity index (χ1) is 5.22. The van der Waals surface area contributed by atoms with E-state index in [9.17, 15) is 4.79 Å². The van der Waals surface area contributed by atoms with Gasteiger partial charge in [-0.15, -0.1) is 0 Å². The van der Waals surface area contributed by atoms with Crippen LogP contribution in [0.15, 0.2) is 0 Å². The molecule has 1 heterocycles. The maximum absolute atomic E-state index is 11.0. The third-order valence-electron chi connectivity index (χ3n) is 2.17. The zero-order valence-corrected chi connectivity index (χ0v) is 7.18. The van der Waals surface area contributed by atoms with Crippen LogP contribution in [0.2, 0.25) is 0 Å². The molecule has 0 saturated carbocycles. The Morgan fingerprint density at radius 1 is 1.64 bits per heavy atom. The van der Waals surface area contributed by atoms with Crippen LogP contribution in [0.3, 0.4) is 0 Å². The predicted octanol–water partition coefficient (Wildman–Crippen LogP) is 0.263. The number of hydrogen-bond donors (Lipinski definition) is 2. The first kappa shape index (κ1) is 8.53. The van der Waals surface area contributed by atoms with E-state index in [1.807, 2.05) is 14.0 Å². The lowest BCUT2D eigenvalue weighted by molar-refractivity contribution is -0.121. The average Bonchev–Trinajstić information content (AvgIpc) is 2.11. The van der Waals surface area contributed by atoms with E-state index >= 15 is 0 Å². The fraction of sp³-hybridized carbons (Fsp3) is 0.875. The van der Waals surface area contributed by atoms with Gasteiger partial charge in [-0.05, 0) is 26.8 Å². The van der Waals surface area contributed by atoms with Crippen LogP contribution in [-0.2, 0) is 4.79 Å². The molecule has 0 bridgehead atoms. The second-order valence-corrected chi connectivity index (χ2v) is 3.23. The molecule has 0 aliphatic carbocycles. The van der Waals surface area contributed by atoms with Gasteiger partial charge in [0, 0.05) is 18.5 Å². The number of carbonyl (C=O) groups excluding carboxylic acids is 1. The van der Waals surface area contributed by atoms with Crippen LogP contribution in [0.4, 0.5) is 0 Å². The summed E-state index contributed by atoms with van der Waals surface area (Å²) in [5.74, 6) is 0.190. The Morgan fingerprint density at radius 3 is 3.00 bits per heavy atom. The van der Waals surface area contributed by atoms with Gasteiger partial charge in [-0.3, -0.25) is 4.79 Å². The molecule has 1 fully saturated rings. The van der Waals surface area contributed by atoms with Crippen LogP contribution in [0.5, 0.6) is 0 Å². The fourth-order valence-electron chi connectivity index (χ4n) is 1.52. The van der Waals surface area contributed by atoms with Crippen molar-refractivity contribution in [1.29, 1.82) is 0 Å². The lowest BCUT2D eigenvalue weighted by atomic mass is 10.1. The van der Waals surface area contributed by atoms with Gasteiger partial charge in [-0.2, -0.15) is 0 Å². The maximum Gasteiger partial charge on any atom is 0.220 e. The van der Waals surface area contributed by atoms with Crippen LogP contribution in [0, 0.1) is 0 Å². The Kier molecular flexibility index (Phi) is 2.88. The molecule has 0 spiro atoms. The van der Waals surface area contributed by atoms with Crippen molar-refractivity contribution in [2.75, 3.05) is 7.05 Å². The molecule has 11 heavy (non-hydrogen) atoms. The Morgan fingerprint density at radius 2 is 2.36 bits per heavy atom. The van der Waals surface area contributed by atoms with Gasteiger partial charge in [0.1, 0.15) is 0 Å². The fourth-order valence-corrected chi connectivity index (χ4v) is 1.52. The minimum Gasteiger partial charge on any atom is -0.354 e. The molecule has 3 heteroatoms. The summed E-state index contributed by atoms with van der Waals surface area (Å²) in [6.45, 7) is 2.05. The normalized spacial score (nSPS) is 32.7. The summed E-state index contributed by atoms with van der Waals surface area (Å²) in [7, 11) is 1.95. The molecule has 1 saturated heterocycles. The summed E-state index contributed by atoms with van der Waals surface area (Å²) in [6, 6.07) is 0.825. The van der Waals surface area contributed by atoms with Crippen molar-refractivity contribution in [3.63, 3.8) is 0 Å². The van der Waals surface area contributed by atoms with Gasteiger partial charge < -0.3 is 10.6 Å². The SMILES string of the molecule is CNC1CCC(=O)NC(C)C1. The van der Waals surface area contributed by atoms with E-state index in [0.29, 0.717) is 18.5 Å². The topological polar surface area (TPSA) is 41.1 Å². The van der Waals surface area contributed by atoms with E-state index in [4.69, 9.17) is 0 Å². The molecule has 2 N–H and O–H groups in total. The number of carbonyl (C=O) groups is 1. The Balaban J connectivity index is 2.46. The van der Waals surface area contributed by atoms with Crippen LogP contribution in [-0.4, -0.2) is 25.0 Å². The zero-order valence-electron chi connectivity index (χ0n) is 7.18. The Bertz CT molecular complexity index is 147. The minimum absolute atomic E-state index is 0.190. The molecule has 2 unspecified atom stereocenters. The van der Waals surface area contributed by atoms with E-state index in [1.165, 1.54) is 0 Å². The molecule has 1 rings (SSSR count). The van der Waals surface area contributed by atoms with Crippen molar-refractivity contribution in [3.8, 4) is 0 Å². The summed E-state index contributed by atoms with van der Waals surface area (Å²) in [4.78, 5) is 11.0. The lowest BCUT2D eigenvalue weighted by Crippen LogP contribution is -2.33. The highest BCUT2D eigenvalue weighted by Crippen LogP contribution is 2.09. The molecule has 1 amide bonds. The van der Waals surface area contributed by atoms with Gasteiger partial charge in [0.15, 0.2) is 0 Å². The minimum atomic E-state index is 0.190. The monoisotopic (exact) mass is 156 g/mol. The zero-order chi connectivity index (χ0) is 8.27. The molecule has 3 nitrogen and oxygen atoms in total. The molecule has 2 atom stereocenters. The largest absolute Gasteiger partial charge is 0.354 e. The van der Waals surface area contributed by atoms with Crippen molar-refractivity contribution in [1.82, 2.24) is 10.6 Å². The quantitative estimate of drug-likeness (QED) is 0.572. The van der Waals surface area contributed by atoms with E-state index < -0.39 is 0 Å². The van der Waals surface area contributed by atoms with Crippen molar-refractivity contribution >= 4 is 5.91 Å². The average molecular weight is 156 g/mol. The first-order valence-electron chi connectivity index (χ1n) is 4.19. The van der Waals surface area contributed by atoms with Crippen LogP contribution < -0.4 is 10.6 Å². The van der Waals surface area contributed by atoms with Gasteiger partial charge in [0.05, 0.1) is 0 Å². The van der Waals surface area contributed by atoms with Crippen molar-refractivity contribution in [2.24, 2.45) is 0 Å². The highest BCUT2D eigenvalue weighted by Gasteiger charge is 2.18. The van der Waals surface area contributed by atoms with E-state index in [2.05, 4.69) is 10.6 Å². The van der Waals surface area contributed by atoms with Gasteiger partial charge in [-0.1, -0.05) is 0 Å². The first-order valence-corrected chi connectivity index (χ1v) is 4.19. The molecule has 1 aliphatic rings. The molecule has 0 radical (unpaired) electrons. The molecule has 0 aromatic carbocycles. The predicted molar refractivity (Wildman–Crippen MR) is 44.3 cm³/mol. The van der Waals surface area contributed by atoms with Gasteiger partial charge in [0.25, 0.3) is 0 Å². The van der Waals surface area contributed by atoms with Gasteiger partial charge in [0.2, 0.25) is 5.91 Å². The van der Waals surface area contributed by atoms with Gasteiger partial charge in [-0.25, -0.2) is 0 Å². The molecular weight excluding hydrogens is 140 g/mol. The summed E-state index contributed by atoms with van der Waals surface area (Å²) in [6.07, 6.45) is 2.67. The highest BCUT2D eigenvalue weighted by molar-refractivity contribution is 5.76. The van der Waals surface area contributed by atoms with Gasteiger partial charge >= 0.3 is 0 Å². The summed E-state index contributed by atoms with van der Waals surface area (Å²) in [5.41, 5.74) is 0. The van der Waals surface area contributed by atoms with Crippen molar-refractivity contribution < 1.29 is 4.79 Å². The highest BCUT2D eigenvalue weighted by atomic mass is 16.1. The van der Waals surface area contributed by atoms with E-state index in [-0.39, 0.29) is 5.91 Å². The van der Waals surface area contributed by atoms with Crippen LogP contribution in [0.25, 0.3) is 0 Å². The number of rotatable bonds is 1. The third kappa shape index (κ3) is 2.50. The Labute approximate surface area is 67.5 Å². The molecule has 64 valence electrons. The molecule has 1 aliphatic heterocycles. The van der Waals surface area contributed by atoms with Crippen molar-refractivity contribution in [2.45, 2.75) is 38.3 Å². The number of amides is 1. The smallest absolute Gasteiger partial charge is 0.220 e. The summed E-state index contributed by atoms with van der Waals surface area (Å²) < 4.78 is 0. The summed E-state index contributed by atoms with van der Waals surface area (Å²) >= 11 is 0. The third-order valence-corrected chi connectivity index (χ3v) is 2.17. The summed E-state index contributed by atoms with van der Waals surface area (Å²) in [5, 5.41) is 6.13. The van der Waals surface area contributed by atoms with Crippen LogP contribution >= 0.6 is 0 Å². The standard InChI is InChI=1S/C8H16N2O/c1-6-5-7(9-2)3-4-8(11)10-6/h6-7,9H,3-5H2,1-2H3,(H,10,11). The second-order valence-electron chi connectivity index (χ2n) is 3.23. The number of hydrogen-bond acceptors (Lipinski definition) is 2. The molecule has 0 aromatic rings. The Hall–Kier alpha value is -0.570. The maximum atomic E-state index is 11.0. The molecular formula is C8H16N2O. The number of nitrogens with one attached hydrogen (secondary N) is 2. The lowest BCUT2D eigenvalue weighted by Gasteiger charge is -2.15. The van der Waals surface area contributed by atoms with E-state index in [1.54, 1.807) is 0 Å². The van der Waals surface area contributed by atoms with Crippen molar-refractivity contribution in [3.05, 3.63) is 0 Å². The second kappa shape index (κ2) is 3.72. The van der Waals surface area contributed by atoms with Crippen LogP contribution in [0.1, 0.15) is 26.2 Å². The van der Waals surface area contributed by atoms with E-state index in [0.717, 1.165) is 12.8 Å².